The lowest BCUT2D eigenvalue weighted by Crippen LogP contribution is -2.34. The lowest BCUT2D eigenvalue weighted by molar-refractivity contribution is 0.0943. The fourth-order valence-electron chi connectivity index (χ4n) is 2.95. The summed E-state index contributed by atoms with van der Waals surface area (Å²) in [6, 6.07) is 8.11. The van der Waals surface area contributed by atoms with Gasteiger partial charge < -0.3 is 10.4 Å². The number of likely N-dealkylation sites (tertiary alicyclic amines) is 1. The van der Waals surface area contributed by atoms with Crippen LogP contribution < -0.4 is 5.32 Å². The van der Waals surface area contributed by atoms with Gasteiger partial charge in [-0.05, 0) is 62.7 Å². The Morgan fingerprint density at radius 3 is 2.57 bits per heavy atom. The molecule has 0 aliphatic carbocycles. The van der Waals surface area contributed by atoms with Crippen LogP contribution in [0.5, 0.6) is 0 Å². The summed E-state index contributed by atoms with van der Waals surface area (Å²) < 4.78 is 0. The minimum Gasteiger partial charge on any atom is -0.396 e. The Labute approximate surface area is 143 Å². The maximum Gasteiger partial charge on any atom is 0.251 e. The summed E-state index contributed by atoms with van der Waals surface area (Å²) in [6.45, 7) is 5.34. The first-order valence-corrected chi connectivity index (χ1v) is 9.73. The Kier molecular flexibility index (Phi) is 7.40. The second-order valence-electron chi connectivity index (χ2n) is 6.43. The first kappa shape index (κ1) is 18.3. The van der Waals surface area contributed by atoms with E-state index in [-0.39, 0.29) is 11.9 Å². The number of benzene rings is 1. The molecule has 0 radical (unpaired) electrons. The first-order valence-electron chi connectivity index (χ1n) is 8.34. The average Bonchev–Trinajstić information content (AvgIpc) is 2.56. The molecule has 2 N–H and O–H groups in total. The summed E-state index contributed by atoms with van der Waals surface area (Å²) in [6.07, 6.45) is 4.19. The molecular formula is C18H28N2O2S. The van der Waals surface area contributed by atoms with Crippen molar-refractivity contribution in [3.8, 4) is 0 Å². The number of amides is 1. The van der Waals surface area contributed by atoms with Crippen molar-refractivity contribution in [2.45, 2.75) is 32.4 Å². The maximum absolute atomic E-state index is 12.1. The highest BCUT2D eigenvalue weighted by molar-refractivity contribution is 7.98. The van der Waals surface area contributed by atoms with Crippen molar-refractivity contribution in [3.05, 3.63) is 35.4 Å². The van der Waals surface area contributed by atoms with Gasteiger partial charge in [0.1, 0.15) is 0 Å². The Balaban J connectivity index is 1.83. The topological polar surface area (TPSA) is 52.6 Å². The highest BCUT2D eigenvalue weighted by Crippen LogP contribution is 2.18. The number of nitrogens with zero attached hydrogens (tertiary/aromatic N) is 1. The van der Waals surface area contributed by atoms with Crippen LogP contribution in [-0.2, 0) is 6.54 Å². The standard InChI is InChI=1S/C18H28N2O2S/c1-14(13-23-2)19-18(22)17-5-3-15(4-6-17)11-20-9-7-16(12-21)8-10-20/h3-6,14,16,21H,7-13H2,1-2H3,(H,19,22). The van der Waals surface area contributed by atoms with Crippen molar-refractivity contribution >= 4 is 17.7 Å². The van der Waals surface area contributed by atoms with Gasteiger partial charge in [-0.25, -0.2) is 0 Å². The third-order valence-corrected chi connectivity index (χ3v) is 5.22. The van der Waals surface area contributed by atoms with Gasteiger partial charge in [-0.1, -0.05) is 12.1 Å². The van der Waals surface area contributed by atoms with Gasteiger partial charge in [0, 0.05) is 30.5 Å². The fraction of sp³-hybridized carbons (Fsp3) is 0.611. The maximum atomic E-state index is 12.1. The molecule has 1 aliphatic rings. The molecular weight excluding hydrogens is 308 g/mol. The summed E-state index contributed by atoms with van der Waals surface area (Å²) in [4.78, 5) is 14.6. The molecule has 1 heterocycles. The van der Waals surface area contributed by atoms with Crippen LogP contribution >= 0.6 is 11.8 Å². The van der Waals surface area contributed by atoms with E-state index < -0.39 is 0 Å². The number of carbonyl (C=O) groups excluding carboxylic acids is 1. The predicted octanol–water partition coefficient (Wildman–Crippen LogP) is 2.37. The molecule has 1 aromatic carbocycles. The first-order chi connectivity index (χ1) is 11.1. The number of aliphatic hydroxyl groups excluding tert-OH is 1. The van der Waals surface area contributed by atoms with Gasteiger partial charge >= 0.3 is 0 Å². The van der Waals surface area contributed by atoms with Crippen LogP contribution in [0.2, 0.25) is 0 Å². The predicted molar refractivity (Wildman–Crippen MR) is 96.8 cm³/mol. The van der Waals surface area contributed by atoms with Crippen LogP contribution in [0.3, 0.4) is 0 Å². The molecule has 4 nitrogen and oxygen atoms in total. The summed E-state index contributed by atoms with van der Waals surface area (Å²) >= 11 is 1.73. The van der Waals surface area contributed by atoms with E-state index in [9.17, 15) is 9.90 Å². The second kappa shape index (κ2) is 9.30. The third-order valence-electron chi connectivity index (χ3n) is 4.38. The van der Waals surface area contributed by atoms with Gasteiger partial charge in [-0.2, -0.15) is 11.8 Å². The minimum atomic E-state index is 0.00172. The molecule has 0 saturated carbocycles. The van der Waals surface area contributed by atoms with Crippen LogP contribution in [0.15, 0.2) is 24.3 Å². The smallest absolute Gasteiger partial charge is 0.251 e. The lowest BCUT2D eigenvalue weighted by atomic mass is 9.97. The number of piperidine rings is 1. The fourth-order valence-corrected chi connectivity index (χ4v) is 3.53. The zero-order chi connectivity index (χ0) is 16.7. The number of aliphatic hydroxyl groups is 1. The minimum absolute atomic E-state index is 0.00172. The van der Waals surface area contributed by atoms with Crippen molar-refractivity contribution in [3.63, 3.8) is 0 Å². The molecule has 0 spiro atoms. The summed E-state index contributed by atoms with van der Waals surface area (Å²) in [7, 11) is 0. The molecule has 1 amide bonds. The molecule has 5 heteroatoms. The van der Waals surface area contributed by atoms with Crippen molar-refractivity contribution in [1.29, 1.82) is 0 Å². The van der Waals surface area contributed by atoms with E-state index in [1.807, 2.05) is 37.4 Å². The van der Waals surface area contributed by atoms with E-state index in [0.29, 0.717) is 12.5 Å². The van der Waals surface area contributed by atoms with Crippen molar-refractivity contribution in [2.75, 3.05) is 31.7 Å². The van der Waals surface area contributed by atoms with E-state index in [1.54, 1.807) is 11.8 Å². The molecule has 23 heavy (non-hydrogen) atoms. The van der Waals surface area contributed by atoms with E-state index in [0.717, 1.165) is 43.8 Å². The number of hydrogen-bond acceptors (Lipinski definition) is 4. The van der Waals surface area contributed by atoms with E-state index in [4.69, 9.17) is 0 Å². The zero-order valence-electron chi connectivity index (χ0n) is 14.1. The molecule has 1 saturated heterocycles. The molecule has 1 aromatic rings. The van der Waals surface area contributed by atoms with Crippen LogP contribution in [0, 0.1) is 5.92 Å². The molecule has 2 rings (SSSR count). The highest BCUT2D eigenvalue weighted by Gasteiger charge is 2.18. The van der Waals surface area contributed by atoms with Crippen molar-refractivity contribution < 1.29 is 9.90 Å². The van der Waals surface area contributed by atoms with Crippen molar-refractivity contribution in [2.24, 2.45) is 5.92 Å². The highest BCUT2D eigenvalue weighted by atomic mass is 32.2. The van der Waals surface area contributed by atoms with Gasteiger partial charge in [0.25, 0.3) is 5.91 Å². The SMILES string of the molecule is CSCC(C)NC(=O)c1ccc(CN2CCC(CO)CC2)cc1. The van der Waals surface area contributed by atoms with E-state index in [1.165, 1.54) is 5.56 Å². The van der Waals surface area contributed by atoms with Gasteiger partial charge in [-0.3, -0.25) is 9.69 Å². The third kappa shape index (κ3) is 5.83. The average molecular weight is 337 g/mol. The molecule has 1 fully saturated rings. The summed E-state index contributed by atoms with van der Waals surface area (Å²) in [5, 5.41) is 12.2. The van der Waals surface area contributed by atoms with Gasteiger partial charge in [0.05, 0.1) is 0 Å². The van der Waals surface area contributed by atoms with Crippen molar-refractivity contribution in [1.82, 2.24) is 10.2 Å². The normalized spacial score (nSPS) is 17.9. The number of rotatable bonds is 7. The summed E-state index contributed by atoms with van der Waals surface area (Å²) in [5.41, 5.74) is 1.96. The van der Waals surface area contributed by atoms with Crippen LogP contribution in [0.4, 0.5) is 0 Å². The number of thioether (sulfide) groups is 1. The largest absolute Gasteiger partial charge is 0.396 e. The monoisotopic (exact) mass is 336 g/mol. The molecule has 1 atom stereocenters. The van der Waals surface area contributed by atoms with E-state index >= 15 is 0 Å². The van der Waals surface area contributed by atoms with Gasteiger partial charge in [-0.15, -0.1) is 0 Å². The number of nitrogens with one attached hydrogen (secondary N) is 1. The Morgan fingerprint density at radius 1 is 1.35 bits per heavy atom. The van der Waals surface area contributed by atoms with Crippen LogP contribution in [0.1, 0.15) is 35.7 Å². The number of hydrogen-bond donors (Lipinski definition) is 2. The lowest BCUT2D eigenvalue weighted by Gasteiger charge is -2.31. The second-order valence-corrected chi connectivity index (χ2v) is 7.34. The van der Waals surface area contributed by atoms with Crippen LogP contribution in [-0.4, -0.2) is 53.7 Å². The summed E-state index contributed by atoms with van der Waals surface area (Å²) in [5.74, 6) is 1.40. The molecule has 0 bridgehead atoms. The molecule has 1 unspecified atom stereocenters. The Hall–Kier alpha value is -1.04. The quantitative estimate of drug-likeness (QED) is 0.803. The zero-order valence-corrected chi connectivity index (χ0v) is 14.9. The number of carbonyl (C=O) groups is 1. The van der Waals surface area contributed by atoms with Gasteiger partial charge in [0.15, 0.2) is 0 Å². The Bertz CT molecular complexity index is 484. The molecule has 0 aromatic heterocycles. The molecule has 1 aliphatic heterocycles. The van der Waals surface area contributed by atoms with Gasteiger partial charge in [0.2, 0.25) is 0 Å². The molecule has 128 valence electrons. The van der Waals surface area contributed by atoms with Crippen LogP contribution in [0.25, 0.3) is 0 Å². The Morgan fingerprint density at radius 2 is 2.00 bits per heavy atom. The van der Waals surface area contributed by atoms with E-state index in [2.05, 4.69) is 10.2 Å².